The predicted molar refractivity (Wildman–Crippen MR) is 119 cm³/mol. The number of likely N-dealkylation sites (N-methyl/N-ethyl adjacent to an activating group) is 1. The van der Waals surface area contributed by atoms with Gasteiger partial charge in [0.2, 0.25) is 0 Å². The van der Waals surface area contributed by atoms with Crippen LogP contribution in [-0.4, -0.2) is 110 Å². The third-order valence-electron chi connectivity index (χ3n) is 11.6. The zero-order chi connectivity index (χ0) is 23.6. The maximum absolute atomic E-state index is 12.9. The van der Waals surface area contributed by atoms with Crippen molar-refractivity contribution in [2.75, 3.05) is 48.1 Å². The summed E-state index contributed by atoms with van der Waals surface area (Å²) in [6, 6.07) is -0.386. The average molecular weight is 468 g/mol. The molecule has 0 unspecified atom stereocenters. The van der Waals surface area contributed by atoms with Crippen LogP contribution in [0, 0.1) is 34.5 Å². The molecule has 8 nitrogen and oxygen atoms in total. The van der Waals surface area contributed by atoms with Crippen LogP contribution in [0.4, 0.5) is 0 Å². The molecule has 0 aromatic heterocycles. The van der Waals surface area contributed by atoms with Gasteiger partial charge in [-0.1, -0.05) is 6.92 Å². The maximum Gasteiger partial charge on any atom is 0.136 e. The molecule has 13 atom stereocenters. The number of nitrogens with zero attached hydrogens (tertiary/aromatic N) is 1. The fourth-order valence-electron chi connectivity index (χ4n) is 11.1. The van der Waals surface area contributed by atoms with Crippen molar-refractivity contribution in [3.05, 3.63) is 0 Å². The van der Waals surface area contributed by atoms with E-state index in [1.54, 1.807) is 28.4 Å². The highest BCUT2D eigenvalue weighted by atomic mass is 16.5. The summed E-state index contributed by atoms with van der Waals surface area (Å²) in [5, 5.41) is 37.1. The molecule has 0 aromatic rings. The van der Waals surface area contributed by atoms with Crippen LogP contribution in [0.1, 0.15) is 32.6 Å². The summed E-state index contributed by atoms with van der Waals surface area (Å²) in [7, 11) is 6.84. The Labute approximate surface area is 196 Å². The summed E-state index contributed by atoms with van der Waals surface area (Å²) in [6.07, 6.45) is 0.890. The molecule has 1 aliphatic heterocycles. The molecule has 188 valence electrons. The number of fused-ring (bicyclic) bond motifs is 2. The Kier molecular flexibility index (Phi) is 4.99. The van der Waals surface area contributed by atoms with E-state index < -0.39 is 28.8 Å². The second-order valence-electron chi connectivity index (χ2n) is 11.9. The fraction of sp³-hybridized carbons (Fsp3) is 1.00. The lowest BCUT2D eigenvalue weighted by atomic mass is 9.42. The van der Waals surface area contributed by atoms with Crippen LogP contribution in [0.2, 0.25) is 0 Å². The molecule has 1 saturated heterocycles. The second-order valence-corrected chi connectivity index (χ2v) is 11.9. The minimum absolute atomic E-state index is 0.0563. The van der Waals surface area contributed by atoms with Gasteiger partial charge in [0.05, 0.1) is 37.1 Å². The molecule has 3 N–H and O–H groups in total. The van der Waals surface area contributed by atoms with E-state index in [0.717, 1.165) is 25.9 Å². The Morgan fingerprint density at radius 3 is 2.45 bits per heavy atom. The smallest absolute Gasteiger partial charge is 0.136 e. The Balaban J connectivity index is 1.67. The molecular weight excluding hydrogens is 426 g/mol. The van der Waals surface area contributed by atoms with Crippen molar-refractivity contribution in [3.63, 3.8) is 0 Å². The molecule has 0 radical (unpaired) electrons. The molecule has 6 rings (SSSR count). The minimum atomic E-state index is -1.55. The summed E-state index contributed by atoms with van der Waals surface area (Å²) in [4.78, 5) is 2.33. The van der Waals surface area contributed by atoms with Crippen molar-refractivity contribution in [3.8, 4) is 0 Å². The number of hydrogen-bond donors (Lipinski definition) is 3. The van der Waals surface area contributed by atoms with Crippen LogP contribution in [0.15, 0.2) is 0 Å². The molecule has 0 aromatic carbocycles. The van der Waals surface area contributed by atoms with Gasteiger partial charge in [-0.05, 0) is 31.7 Å². The lowest BCUT2D eigenvalue weighted by Crippen LogP contribution is -2.82. The van der Waals surface area contributed by atoms with Gasteiger partial charge in [-0.25, -0.2) is 0 Å². The largest absolute Gasteiger partial charge is 0.392 e. The molecule has 8 heteroatoms. The first-order valence-corrected chi connectivity index (χ1v) is 12.7. The highest BCUT2D eigenvalue weighted by Gasteiger charge is 2.91. The van der Waals surface area contributed by atoms with Gasteiger partial charge < -0.3 is 34.3 Å². The fourth-order valence-corrected chi connectivity index (χ4v) is 11.1. The van der Waals surface area contributed by atoms with Crippen LogP contribution < -0.4 is 0 Å². The lowest BCUT2D eigenvalue weighted by molar-refractivity contribution is -0.324. The van der Waals surface area contributed by atoms with Gasteiger partial charge in [0.25, 0.3) is 0 Å². The summed E-state index contributed by atoms with van der Waals surface area (Å²) >= 11 is 0. The van der Waals surface area contributed by atoms with Gasteiger partial charge in [-0.3, -0.25) is 4.90 Å². The van der Waals surface area contributed by atoms with Crippen LogP contribution in [-0.2, 0) is 18.9 Å². The first-order valence-electron chi connectivity index (χ1n) is 12.7. The topological polar surface area (TPSA) is 101 Å². The number of rotatable bonds is 6. The Morgan fingerprint density at radius 2 is 1.85 bits per heavy atom. The van der Waals surface area contributed by atoms with E-state index in [9.17, 15) is 15.3 Å². The number of likely N-dealkylation sites (tertiary alicyclic amines) is 1. The first-order chi connectivity index (χ1) is 15.8. The standard InChI is InChI=1S/C25H41NO7/c1-6-26-11-22(12-30-2)8-7-16(27)24-14-9-13-15(31-3)10-23(33-5,17(14)18(13)32-4)25(29,21(24)26)20(28)19(22)24/h13-21,27-29H,6-12H2,1-5H3/t13-,14-,15+,16+,17-,18+,19-,20-,21+,22+,23-,24+,25+/m1/s1. The number of ether oxygens (including phenoxy) is 4. The minimum Gasteiger partial charge on any atom is -0.392 e. The maximum atomic E-state index is 12.9. The number of piperidine rings is 1. The van der Waals surface area contributed by atoms with Crippen LogP contribution in [0.25, 0.3) is 0 Å². The molecule has 5 saturated carbocycles. The molecule has 1 spiro atoms. The van der Waals surface area contributed by atoms with Crippen molar-refractivity contribution in [2.24, 2.45) is 34.5 Å². The monoisotopic (exact) mass is 467 g/mol. The number of methoxy groups -OCH3 is 4. The summed E-state index contributed by atoms with van der Waals surface area (Å²) < 4.78 is 24.3. The predicted octanol–water partition coefficient (Wildman–Crippen LogP) is 0.271. The third-order valence-corrected chi connectivity index (χ3v) is 11.6. The summed E-state index contributed by atoms with van der Waals surface area (Å²) in [6.45, 7) is 4.11. The van der Waals surface area contributed by atoms with E-state index in [4.69, 9.17) is 18.9 Å². The van der Waals surface area contributed by atoms with E-state index in [2.05, 4.69) is 11.8 Å². The van der Waals surface area contributed by atoms with Crippen LogP contribution >= 0.6 is 0 Å². The van der Waals surface area contributed by atoms with Gasteiger partial charge in [-0.2, -0.15) is 0 Å². The Bertz CT molecular complexity index is 814. The molecule has 6 aliphatic rings. The van der Waals surface area contributed by atoms with Crippen molar-refractivity contribution in [1.29, 1.82) is 0 Å². The van der Waals surface area contributed by atoms with Crippen molar-refractivity contribution in [1.82, 2.24) is 4.90 Å². The quantitative estimate of drug-likeness (QED) is 0.512. The highest BCUT2D eigenvalue weighted by molar-refractivity contribution is 5.41. The van der Waals surface area contributed by atoms with Gasteiger partial charge in [0, 0.05) is 70.0 Å². The summed E-state index contributed by atoms with van der Waals surface area (Å²) in [5.41, 5.74) is -3.53. The van der Waals surface area contributed by atoms with E-state index >= 15 is 0 Å². The van der Waals surface area contributed by atoms with E-state index in [1.807, 2.05) is 0 Å². The van der Waals surface area contributed by atoms with Gasteiger partial charge >= 0.3 is 0 Å². The average Bonchev–Trinajstić information content (AvgIpc) is 3.21. The molecule has 5 aliphatic carbocycles. The van der Waals surface area contributed by atoms with Gasteiger partial charge in [0.1, 0.15) is 11.2 Å². The second kappa shape index (κ2) is 7.13. The molecule has 33 heavy (non-hydrogen) atoms. The Hall–Kier alpha value is -0.320. The van der Waals surface area contributed by atoms with Gasteiger partial charge in [0.15, 0.2) is 0 Å². The first kappa shape index (κ1) is 23.1. The third kappa shape index (κ3) is 2.16. The van der Waals surface area contributed by atoms with Crippen LogP contribution in [0.3, 0.4) is 0 Å². The Morgan fingerprint density at radius 1 is 1.09 bits per heavy atom. The number of aliphatic hydroxyl groups is 3. The van der Waals surface area contributed by atoms with Crippen molar-refractivity contribution in [2.45, 2.75) is 74.3 Å². The highest BCUT2D eigenvalue weighted by Crippen LogP contribution is 2.80. The lowest BCUT2D eigenvalue weighted by Gasteiger charge is -2.70. The number of aliphatic hydroxyl groups excluding tert-OH is 2. The van der Waals surface area contributed by atoms with Crippen molar-refractivity contribution < 1.29 is 34.3 Å². The van der Waals surface area contributed by atoms with Crippen LogP contribution in [0.5, 0.6) is 0 Å². The van der Waals surface area contributed by atoms with E-state index in [1.165, 1.54) is 0 Å². The van der Waals surface area contributed by atoms with Gasteiger partial charge in [-0.15, -0.1) is 0 Å². The summed E-state index contributed by atoms with van der Waals surface area (Å²) in [5.74, 6) is -0.142. The molecule has 0 amide bonds. The zero-order valence-corrected chi connectivity index (χ0v) is 20.6. The number of hydrogen-bond acceptors (Lipinski definition) is 8. The molecule has 1 heterocycles. The molecule has 6 fully saturated rings. The zero-order valence-electron chi connectivity index (χ0n) is 20.6. The normalized spacial score (nSPS) is 60.9. The van der Waals surface area contributed by atoms with E-state index in [0.29, 0.717) is 19.4 Å². The SMILES string of the molecule is CCN1C[C@]2(COC)CC[C@H](O)[C@@]34[C@@H]5C[C@H]6[C@H](OC)[C@@H]5[C@](OC)(C[C@@H]6OC)[C@](O)([C@H](O)[C@H]23)[C@@H]14. The molecular formula is C25H41NO7. The van der Waals surface area contributed by atoms with E-state index in [-0.39, 0.29) is 47.3 Å². The van der Waals surface area contributed by atoms with Crippen molar-refractivity contribution >= 4 is 0 Å². The molecule has 7 bridgehead atoms.